The second-order valence-electron chi connectivity index (χ2n) is 4.18. The molecule has 1 heterocycles. The first kappa shape index (κ1) is 12.9. The summed E-state index contributed by atoms with van der Waals surface area (Å²) in [6, 6.07) is 0. The lowest BCUT2D eigenvalue weighted by molar-refractivity contribution is 0.0784. The van der Waals surface area contributed by atoms with Gasteiger partial charge in [0.2, 0.25) is 10.0 Å². The monoisotopic (exact) mass is 235 g/mol. The van der Waals surface area contributed by atoms with Crippen molar-refractivity contribution < 1.29 is 13.5 Å². The van der Waals surface area contributed by atoms with Gasteiger partial charge in [-0.1, -0.05) is 13.8 Å². The summed E-state index contributed by atoms with van der Waals surface area (Å²) in [5.74, 6) is 0.231. The lowest BCUT2D eigenvalue weighted by Crippen LogP contribution is -2.56. The van der Waals surface area contributed by atoms with E-state index < -0.39 is 15.6 Å². The van der Waals surface area contributed by atoms with Gasteiger partial charge in [-0.2, -0.15) is 4.31 Å². The Morgan fingerprint density at radius 2 is 1.87 bits per heavy atom. The molecule has 5 heteroatoms. The Morgan fingerprint density at radius 1 is 1.27 bits per heavy atom. The quantitative estimate of drug-likeness (QED) is 0.789. The van der Waals surface area contributed by atoms with Crippen LogP contribution in [0.4, 0.5) is 0 Å². The summed E-state index contributed by atoms with van der Waals surface area (Å²) in [4.78, 5) is 0. The summed E-state index contributed by atoms with van der Waals surface area (Å²) in [6.07, 6.45) is 2.98. The van der Waals surface area contributed by atoms with Gasteiger partial charge in [0, 0.05) is 6.54 Å². The summed E-state index contributed by atoms with van der Waals surface area (Å²) < 4.78 is 25.4. The average Bonchev–Trinajstić information content (AvgIpc) is 2.23. The highest BCUT2D eigenvalue weighted by atomic mass is 32.2. The molecular formula is C10H21NO3S. The number of aliphatic hydroxyl groups is 1. The van der Waals surface area contributed by atoms with Crippen molar-refractivity contribution in [3.63, 3.8) is 0 Å². The van der Waals surface area contributed by atoms with E-state index in [0.717, 1.165) is 12.8 Å². The van der Waals surface area contributed by atoms with E-state index in [1.807, 2.05) is 13.8 Å². The molecule has 0 aromatic rings. The van der Waals surface area contributed by atoms with Crippen molar-refractivity contribution in [2.75, 3.05) is 18.9 Å². The zero-order valence-electron chi connectivity index (χ0n) is 9.57. The summed E-state index contributed by atoms with van der Waals surface area (Å²) in [5, 5.41) is 9.45. The van der Waals surface area contributed by atoms with E-state index in [-0.39, 0.29) is 12.4 Å². The molecule has 0 aromatic heterocycles. The summed E-state index contributed by atoms with van der Waals surface area (Å²) >= 11 is 0. The van der Waals surface area contributed by atoms with E-state index in [2.05, 4.69) is 0 Å². The van der Waals surface area contributed by atoms with Crippen LogP contribution in [0.5, 0.6) is 0 Å². The van der Waals surface area contributed by atoms with Crippen LogP contribution in [0.3, 0.4) is 0 Å². The van der Waals surface area contributed by atoms with E-state index in [4.69, 9.17) is 0 Å². The Balaban J connectivity index is 3.01. The number of sulfonamides is 1. The van der Waals surface area contributed by atoms with Crippen LogP contribution >= 0.6 is 0 Å². The maximum absolute atomic E-state index is 11.9. The topological polar surface area (TPSA) is 57.6 Å². The maximum atomic E-state index is 11.9. The van der Waals surface area contributed by atoms with Crippen LogP contribution in [0.2, 0.25) is 0 Å². The Morgan fingerprint density at radius 3 is 2.27 bits per heavy atom. The molecule has 4 nitrogen and oxygen atoms in total. The minimum absolute atomic E-state index is 0.0841. The van der Waals surface area contributed by atoms with Gasteiger partial charge in [-0.25, -0.2) is 8.42 Å². The third kappa shape index (κ3) is 2.34. The second-order valence-corrected chi connectivity index (χ2v) is 6.20. The Hall–Kier alpha value is -0.130. The van der Waals surface area contributed by atoms with Crippen molar-refractivity contribution in [2.45, 2.75) is 45.1 Å². The molecule has 1 N–H and O–H groups in total. The van der Waals surface area contributed by atoms with Crippen LogP contribution < -0.4 is 0 Å². The lowest BCUT2D eigenvalue weighted by atomic mass is 9.93. The van der Waals surface area contributed by atoms with Crippen LogP contribution in [-0.2, 0) is 10.0 Å². The molecule has 0 aromatic carbocycles. The Bertz CT molecular complexity index is 288. The molecule has 15 heavy (non-hydrogen) atoms. The van der Waals surface area contributed by atoms with Gasteiger partial charge in [0.1, 0.15) is 0 Å². The van der Waals surface area contributed by atoms with E-state index in [1.54, 1.807) is 0 Å². The molecule has 0 bridgehead atoms. The number of nitrogens with zero attached hydrogens (tertiary/aromatic N) is 1. The molecule has 0 amide bonds. The molecular weight excluding hydrogens is 214 g/mol. The van der Waals surface area contributed by atoms with Gasteiger partial charge in [-0.3, -0.25) is 0 Å². The fourth-order valence-electron chi connectivity index (χ4n) is 2.23. The number of aliphatic hydroxyl groups excluding tert-OH is 1. The van der Waals surface area contributed by atoms with Crippen molar-refractivity contribution in [3.8, 4) is 0 Å². The van der Waals surface area contributed by atoms with Gasteiger partial charge in [-0.15, -0.1) is 0 Å². The van der Waals surface area contributed by atoms with E-state index >= 15 is 0 Å². The highest BCUT2D eigenvalue weighted by Gasteiger charge is 2.41. The smallest absolute Gasteiger partial charge is 0.214 e. The molecule has 1 saturated heterocycles. The minimum Gasteiger partial charge on any atom is -0.394 e. The maximum Gasteiger partial charge on any atom is 0.214 e. The van der Waals surface area contributed by atoms with Crippen molar-refractivity contribution in [2.24, 2.45) is 0 Å². The van der Waals surface area contributed by atoms with Gasteiger partial charge in [0.15, 0.2) is 0 Å². The third-order valence-corrected chi connectivity index (χ3v) is 5.53. The van der Waals surface area contributed by atoms with Gasteiger partial charge in [0.05, 0.1) is 17.9 Å². The highest BCUT2D eigenvalue weighted by molar-refractivity contribution is 7.89. The summed E-state index contributed by atoms with van der Waals surface area (Å²) in [6.45, 7) is 4.34. The molecule has 0 saturated carbocycles. The first-order chi connectivity index (χ1) is 7.02. The van der Waals surface area contributed by atoms with E-state index in [1.165, 1.54) is 4.31 Å². The molecule has 0 atom stereocenters. The normalized spacial score (nSPS) is 22.9. The molecule has 1 aliphatic rings. The van der Waals surface area contributed by atoms with Gasteiger partial charge >= 0.3 is 0 Å². The largest absolute Gasteiger partial charge is 0.394 e. The zero-order chi connectivity index (χ0) is 11.5. The molecule has 0 aliphatic carbocycles. The molecule has 1 aliphatic heterocycles. The second kappa shape index (κ2) is 4.80. The van der Waals surface area contributed by atoms with Crippen LogP contribution in [0.25, 0.3) is 0 Å². The number of hydrogen-bond acceptors (Lipinski definition) is 3. The SMILES string of the molecule is CCC(CC)(CO)N1CCCCS1(=O)=O. The van der Waals surface area contributed by atoms with Gasteiger partial charge in [-0.05, 0) is 25.7 Å². The molecule has 0 spiro atoms. The van der Waals surface area contributed by atoms with E-state index in [0.29, 0.717) is 19.4 Å². The van der Waals surface area contributed by atoms with E-state index in [9.17, 15) is 13.5 Å². The van der Waals surface area contributed by atoms with Crippen LogP contribution in [0.15, 0.2) is 0 Å². The molecule has 90 valence electrons. The predicted octanol–water partition coefficient (Wildman–Crippen LogP) is 0.963. The van der Waals surface area contributed by atoms with Crippen molar-refractivity contribution >= 4 is 10.0 Å². The van der Waals surface area contributed by atoms with Crippen LogP contribution in [0.1, 0.15) is 39.5 Å². The molecule has 0 radical (unpaired) electrons. The van der Waals surface area contributed by atoms with Crippen LogP contribution in [-0.4, -0.2) is 42.3 Å². The average molecular weight is 235 g/mol. The van der Waals surface area contributed by atoms with Gasteiger partial charge in [0.25, 0.3) is 0 Å². The first-order valence-corrected chi connectivity index (χ1v) is 7.24. The predicted molar refractivity (Wildman–Crippen MR) is 60.1 cm³/mol. The summed E-state index contributed by atoms with van der Waals surface area (Å²) in [5.41, 5.74) is -0.570. The minimum atomic E-state index is -3.14. The highest BCUT2D eigenvalue weighted by Crippen LogP contribution is 2.30. The number of hydrogen-bond donors (Lipinski definition) is 1. The zero-order valence-corrected chi connectivity index (χ0v) is 10.4. The molecule has 1 fully saturated rings. The van der Waals surface area contributed by atoms with Crippen molar-refractivity contribution in [1.29, 1.82) is 0 Å². The van der Waals surface area contributed by atoms with Crippen molar-refractivity contribution in [1.82, 2.24) is 4.31 Å². The first-order valence-electron chi connectivity index (χ1n) is 5.64. The fourth-order valence-corrected chi connectivity index (χ4v) is 4.33. The van der Waals surface area contributed by atoms with Crippen LogP contribution in [0, 0.1) is 0 Å². The Labute approximate surface area is 92.3 Å². The third-order valence-electron chi connectivity index (χ3n) is 3.49. The summed E-state index contributed by atoms with van der Waals surface area (Å²) in [7, 11) is -3.14. The van der Waals surface area contributed by atoms with Crippen molar-refractivity contribution in [3.05, 3.63) is 0 Å². The number of rotatable bonds is 4. The van der Waals surface area contributed by atoms with Gasteiger partial charge < -0.3 is 5.11 Å². The lowest BCUT2D eigenvalue weighted by Gasteiger charge is -2.42. The molecule has 0 unspecified atom stereocenters. The standard InChI is InChI=1S/C10H21NO3S/c1-3-10(4-2,9-12)11-7-5-6-8-15(11,13)14/h12H,3-9H2,1-2H3. The fraction of sp³-hybridized carbons (Fsp3) is 1.00. The Kier molecular flexibility index (Phi) is 4.14. The molecule has 1 rings (SSSR count).